The van der Waals surface area contributed by atoms with Crippen LogP contribution in [0.25, 0.3) is 10.1 Å². The minimum absolute atomic E-state index is 0.0185. The highest BCUT2D eigenvalue weighted by Gasteiger charge is 2.27. The van der Waals surface area contributed by atoms with Gasteiger partial charge in [-0.25, -0.2) is 0 Å². The molecule has 3 nitrogen and oxygen atoms in total. The summed E-state index contributed by atoms with van der Waals surface area (Å²) < 4.78 is 6.27. The number of aryl methyl sites for hydroxylation is 2. The van der Waals surface area contributed by atoms with E-state index in [2.05, 4.69) is 19.1 Å². The van der Waals surface area contributed by atoms with Crippen molar-refractivity contribution in [3.8, 4) is 5.75 Å². The predicted molar refractivity (Wildman–Crippen MR) is 105 cm³/mol. The Morgan fingerprint density at radius 2 is 2.08 bits per heavy atom. The van der Waals surface area contributed by atoms with E-state index >= 15 is 0 Å². The number of halogens is 1. The Balaban J connectivity index is 1.77. The summed E-state index contributed by atoms with van der Waals surface area (Å²) in [4.78, 5) is 15.7. The topological polar surface area (TPSA) is 29.5 Å². The van der Waals surface area contributed by atoms with Crippen LogP contribution in [0.1, 0.15) is 27.2 Å². The van der Waals surface area contributed by atoms with Crippen molar-refractivity contribution in [1.82, 2.24) is 0 Å². The van der Waals surface area contributed by atoms with E-state index in [9.17, 15) is 4.79 Å². The molecule has 0 unspecified atom stereocenters. The van der Waals surface area contributed by atoms with Crippen LogP contribution in [0.2, 0.25) is 5.02 Å². The highest BCUT2D eigenvalue weighted by molar-refractivity contribution is 7.21. The SMILES string of the molecule is COc1ccc2sc(C(=O)N3CCCc4cc(C)ccc43)c(Cl)c2c1. The fourth-order valence-corrected chi connectivity index (χ4v) is 4.80. The molecule has 0 saturated heterocycles. The first-order chi connectivity index (χ1) is 12.1. The monoisotopic (exact) mass is 371 g/mol. The number of carbonyl (C=O) groups excluding carboxylic acids is 1. The van der Waals surface area contributed by atoms with Gasteiger partial charge in [0.2, 0.25) is 0 Å². The summed E-state index contributed by atoms with van der Waals surface area (Å²) in [6, 6.07) is 12.0. The first kappa shape index (κ1) is 16.4. The number of benzene rings is 2. The molecule has 0 atom stereocenters. The molecule has 2 heterocycles. The summed E-state index contributed by atoms with van der Waals surface area (Å²) in [7, 11) is 1.63. The molecule has 3 aromatic rings. The fourth-order valence-electron chi connectivity index (χ4n) is 3.37. The summed E-state index contributed by atoms with van der Waals surface area (Å²) in [5, 5.41) is 1.39. The second kappa shape index (κ2) is 6.36. The van der Waals surface area contributed by atoms with Gasteiger partial charge in [0.25, 0.3) is 5.91 Å². The Bertz CT molecular complexity index is 979. The van der Waals surface area contributed by atoms with E-state index < -0.39 is 0 Å². The third-order valence-corrected chi connectivity index (χ3v) is 6.29. The molecule has 5 heteroatoms. The molecule has 0 bridgehead atoms. The largest absolute Gasteiger partial charge is 0.497 e. The Hall–Kier alpha value is -2.04. The molecule has 0 aliphatic carbocycles. The molecular weight excluding hydrogens is 354 g/mol. The number of nitrogens with zero attached hydrogens (tertiary/aromatic N) is 1. The van der Waals surface area contributed by atoms with Crippen LogP contribution in [-0.4, -0.2) is 19.6 Å². The molecular formula is C20H18ClNO2S. The zero-order valence-electron chi connectivity index (χ0n) is 14.1. The van der Waals surface area contributed by atoms with Gasteiger partial charge in [-0.2, -0.15) is 0 Å². The van der Waals surface area contributed by atoms with Crippen molar-refractivity contribution in [2.24, 2.45) is 0 Å². The number of methoxy groups -OCH3 is 1. The van der Waals surface area contributed by atoms with E-state index in [1.54, 1.807) is 7.11 Å². The molecule has 1 amide bonds. The number of anilines is 1. The number of carbonyl (C=O) groups is 1. The molecule has 0 fully saturated rings. The molecule has 1 aromatic heterocycles. The van der Waals surface area contributed by atoms with Gasteiger partial charge in [0.15, 0.2) is 0 Å². The fraction of sp³-hybridized carbons (Fsp3) is 0.250. The number of hydrogen-bond donors (Lipinski definition) is 0. The highest BCUT2D eigenvalue weighted by atomic mass is 35.5. The van der Waals surface area contributed by atoms with Crippen LogP contribution >= 0.6 is 22.9 Å². The molecule has 128 valence electrons. The zero-order chi connectivity index (χ0) is 17.6. The highest BCUT2D eigenvalue weighted by Crippen LogP contribution is 2.39. The van der Waals surface area contributed by atoms with Gasteiger partial charge in [-0.05, 0) is 49.6 Å². The molecule has 0 saturated carbocycles. The lowest BCUT2D eigenvalue weighted by Gasteiger charge is -2.29. The number of ether oxygens (including phenoxy) is 1. The van der Waals surface area contributed by atoms with Crippen molar-refractivity contribution < 1.29 is 9.53 Å². The molecule has 25 heavy (non-hydrogen) atoms. The summed E-state index contributed by atoms with van der Waals surface area (Å²) in [6.45, 7) is 2.81. The Morgan fingerprint density at radius 1 is 1.24 bits per heavy atom. The van der Waals surface area contributed by atoms with E-state index in [1.807, 2.05) is 29.2 Å². The summed E-state index contributed by atoms with van der Waals surface area (Å²) >= 11 is 8.00. The predicted octanol–water partition coefficient (Wildman–Crippen LogP) is 5.46. The van der Waals surface area contributed by atoms with Crippen LogP contribution in [-0.2, 0) is 6.42 Å². The lowest BCUT2D eigenvalue weighted by Crippen LogP contribution is -2.35. The quantitative estimate of drug-likeness (QED) is 0.598. The molecule has 0 radical (unpaired) electrons. The van der Waals surface area contributed by atoms with E-state index in [1.165, 1.54) is 22.5 Å². The normalized spacial score (nSPS) is 13.8. The van der Waals surface area contributed by atoms with Crippen LogP contribution in [0.4, 0.5) is 5.69 Å². The van der Waals surface area contributed by atoms with Crippen molar-refractivity contribution in [2.45, 2.75) is 19.8 Å². The third-order valence-electron chi connectivity index (χ3n) is 4.63. The summed E-state index contributed by atoms with van der Waals surface area (Å²) in [6.07, 6.45) is 1.98. The van der Waals surface area contributed by atoms with E-state index in [-0.39, 0.29) is 5.91 Å². The lowest BCUT2D eigenvalue weighted by atomic mass is 9.99. The molecule has 0 N–H and O–H groups in total. The van der Waals surface area contributed by atoms with Crippen molar-refractivity contribution in [2.75, 3.05) is 18.6 Å². The van der Waals surface area contributed by atoms with Crippen LogP contribution < -0.4 is 9.64 Å². The van der Waals surface area contributed by atoms with Crippen molar-refractivity contribution >= 4 is 44.6 Å². The minimum atomic E-state index is -0.0185. The van der Waals surface area contributed by atoms with Crippen LogP contribution in [0.3, 0.4) is 0 Å². The van der Waals surface area contributed by atoms with Gasteiger partial charge in [0, 0.05) is 22.3 Å². The second-order valence-corrected chi connectivity index (χ2v) is 7.73. The number of hydrogen-bond acceptors (Lipinski definition) is 3. The number of amides is 1. The van der Waals surface area contributed by atoms with Crippen LogP contribution in [0.15, 0.2) is 36.4 Å². The van der Waals surface area contributed by atoms with Gasteiger partial charge in [-0.15, -0.1) is 11.3 Å². The van der Waals surface area contributed by atoms with Gasteiger partial charge >= 0.3 is 0 Å². The van der Waals surface area contributed by atoms with Gasteiger partial charge in [0.1, 0.15) is 10.6 Å². The maximum Gasteiger partial charge on any atom is 0.269 e. The van der Waals surface area contributed by atoms with Crippen LogP contribution in [0.5, 0.6) is 5.75 Å². The van der Waals surface area contributed by atoms with E-state index in [0.29, 0.717) is 9.90 Å². The van der Waals surface area contributed by atoms with Crippen LogP contribution in [0, 0.1) is 6.92 Å². The molecule has 0 spiro atoms. The van der Waals surface area contributed by atoms with Crippen molar-refractivity contribution in [3.63, 3.8) is 0 Å². The number of thiophene rings is 1. The standard InChI is InChI=1S/C20H18ClNO2S/c1-12-5-7-16-13(10-12)4-3-9-22(16)20(23)19-18(21)15-11-14(24-2)6-8-17(15)25-19/h5-8,10-11H,3-4,9H2,1-2H3. The molecule has 1 aliphatic rings. The third kappa shape index (κ3) is 2.79. The average Bonchev–Trinajstić information content (AvgIpc) is 2.96. The maximum atomic E-state index is 13.2. The number of fused-ring (bicyclic) bond motifs is 2. The molecule has 2 aromatic carbocycles. The van der Waals surface area contributed by atoms with Gasteiger partial charge in [-0.1, -0.05) is 29.3 Å². The van der Waals surface area contributed by atoms with E-state index in [0.717, 1.165) is 40.9 Å². The Kier molecular flexibility index (Phi) is 4.18. The molecule has 1 aliphatic heterocycles. The van der Waals surface area contributed by atoms with Crippen molar-refractivity contribution in [1.29, 1.82) is 0 Å². The minimum Gasteiger partial charge on any atom is -0.497 e. The average molecular weight is 372 g/mol. The maximum absolute atomic E-state index is 13.2. The first-order valence-electron chi connectivity index (χ1n) is 8.26. The second-order valence-electron chi connectivity index (χ2n) is 6.30. The first-order valence-corrected chi connectivity index (χ1v) is 9.45. The van der Waals surface area contributed by atoms with Gasteiger partial charge < -0.3 is 9.64 Å². The van der Waals surface area contributed by atoms with Gasteiger partial charge in [0.05, 0.1) is 12.1 Å². The molecule has 4 rings (SSSR count). The zero-order valence-corrected chi connectivity index (χ0v) is 15.7. The lowest BCUT2D eigenvalue weighted by molar-refractivity contribution is 0.0989. The smallest absolute Gasteiger partial charge is 0.269 e. The number of rotatable bonds is 2. The Morgan fingerprint density at radius 3 is 2.88 bits per heavy atom. The Labute approximate surface area is 155 Å². The summed E-state index contributed by atoms with van der Waals surface area (Å²) in [5.41, 5.74) is 3.46. The van der Waals surface area contributed by atoms with E-state index in [4.69, 9.17) is 16.3 Å². The van der Waals surface area contributed by atoms with Gasteiger partial charge in [-0.3, -0.25) is 4.79 Å². The van der Waals surface area contributed by atoms with Crippen molar-refractivity contribution in [3.05, 3.63) is 57.4 Å². The summed E-state index contributed by atoms with van der Waals surface area (Å²) in [5.74, 6) is 0.722.